The molecule has 0 aliphatic heterocycles. The standard InChI is InChI=1S/C21H21NO4S/c1-14-19(22-21(26-14)16-6-8-18(27-2)9-7-16)10-11-25-17-5-3-4-15(12-17)13-20(23)24/h3-9,12H,10-11,13H2,1-2H3,(H,23,24). The van der Waals surface area contributed by atoms with Gasteiger partial charge in [0.15, 0.2) is 0 Å². The number of thioether (sulfide) groups is 1. The van der Waals surface area contributed by atoms with Crippen molar-refractivity contribution in [1.82, 2.24) is 4.98 Å². The first-order valence-corrected chi connectivity index (χ1v) is 9.82. The number of ether oxygens (including phenoxy) is 1. The topological polar surface area (TPSA) is 72.6 Å². The zero-order chi connectivity index (χ0) is 19.2. The summed E-state index contributed by atoms with van der Waals surface area (Å²) in [5, 5.41) is 8.88. The van der Waals surface area contributed by atoms with E-state index >= 15 is 0 Å². The van der Waals surface area contributed by atoms with Crippen molar-refractivity contribution >= 4 is 17.7 Å². The van der Waals surface area contributed by atoms with E-state index in [4.69, 9.17) is 14.3 Å². The number of benzene rings is 2. The van der Waals surface area contributed by atoms with Gasteiger partial charge in [0.05, 0.1) is 18.7 Å². The molecule has 0 atom stereocenters. The number of aryl methyl sites for hydroxylation is 1. The predicted octanol–water partition coefficient (Wildman–Crippen LogP) is 4.62. The first-order chi connectivity index (χ1) is 13.0. The van der Waals surface area contributed by atoms with Gasteiger partial charge in [-0.05, 0) is 55.1 Å². The third kappa shape index (κ3) is 5.14. The zero-order valence-electron chi connectivity index (χ0n) is 15.3. The Balaban J connectivity index is 1.61. The third-order valence-corrected chi connectivity index (χ3v) is 4.83. The number of rotatable bonds is 8. The first-order valence-electron chi connectivity index (χ1n) is 8.59. The number of carboxylic acid groups (broad SMARTS) is 1. The molecular formula is C21H21NO4S. The smallest absolute Gasteiger partial charge is 0.307 e. The average molecular weight is 383 g/mol. The van der Waals surface area contributed by atoms with E-state index in [2.05, 4.69) is 4.98 Å². The Kier molecular flexibility index (Phi) is 6.19. The first kappa shape index (κ1) is 19.0. The zero-order valence-corrected chi connectivity index (χ0v) is 16.1. The van der Waals surface area contributed by atoms with Crippen LogP contribution >= 0.6 is 11.8 Å². The Bertz CT molecular complexity index is 918. The van der Waals surface area contributed by atoms with Crippen molar-refractivity contribution in [3.8, 4) is 17.2 Å². The Labute approximate surface area is 162 Å². The summed E-state index contributed by atoms with van der Waals surface area (Å²) < 4.78 is 11.6. The molecule has 0 radical (unpaired) electrons. The van der Waals surface area contributed by atoms with Crippen LogP contribution in [0.4, 0.5) is 0 Å². The molecule has 1 aromatic heterocycles. The van der Waals surface area contributed by atoms with Crippen LogP contribution in [0.5, 0.6) is 5.75 Å². The van der Waals surface area contributed by atoms with E-state index in [1.807, 2.05) is 43.5 Å². The fourth-order valence-electron chi connectivity index (χ4n) is 2.70. The van der Waals surface area contributed by atoms with Gasteiger partial charge >= 0.3 is 5.97 Å². The van der Waals surface area contributed by atoms with E-state index in [1.165, 1.54) is 4.90 Å². The molecule has 0 saturated heterocycles. The molecule has 0 aliphatic rings. The van der Waals surface area contributed by atoms with Gasteiger partial charge in [-0.2, -0.15) is 0 Å². The van der Waals surface area contributed by atoms with Crippen molar-refractivity contribution in [3.05, 3.63) is 65.5 Å². The lowest BCUT2D eigenvalue weighted by Crippen LogP contribution is -2.04. The van der Waals surface area contributed by atoms with Gasteiger partial charge in [-0.1, -0.05) is 12.1 Å². The molecule has 0 spiro atoms. The van der Waals surface area contributed by atoms with Crippen LogP contribution in [-0.2, 0) is 17.6 Å². The van der Waals surface area contributed by atoms with Gasteiger partial charge in [-0.3, -0.25) is 4.79 Å². The molecule has 27 heavy (non-hydrogen) atoms. The highest BCUT2D eigenvalue weighted by molar-refractivity contribution is 7.98. The summed E-state index contributed by atoms with van der Waals surface area (Å²) >= 11 is 1.69. The minimum atomic E-state index is -0.858. The molecule has 0 amide bonds. The second-order valence-corrected chi connectivity index (χ2v) is 6.95. The number of carbonyl (C=O) groups is 1. The van der Waals surface area contributed by atoms with E-state index in [9.17, 15) is 4.79 Å². The quantitative estimate of drug-likeness (QED) is 0.572. The summed E-state index contributed by atoms with van der Waals surface area (Å²) in [6, 6.07) is 15.3. The van der Waals surface area contributed by atoms with Crippen molar-refractivity contribution in [2.75, 3.05) is 12.9 Å². The fraction of sp³-hybridized carbons (Fsp3) is 0.238. The summed E-state index contributed by atoms with van der Waals surface area (Å²) in [6.07, 6.45) is 2.64. The van der Waals surface area contributed by atoms with E-state index in [-0.39, 0.29) is 6.42 Å². The van der Waals surface area contributed by atoms with Crippen LogP contribution in [0, 0.1) is 6.92 Å². The molecule has 6 heteroatoms. The molecule has 0 saturated carbocycles. The second-order valence-electron chi connectivity index (χ2n) is 6.07. The van der Waals surface area contributed by atoms with Crippen molar-refractivity contribution in [3.63, 3.8) is 0 Å². The number of hydrogen-bond acceptors (Lipinski definition) is 5. The van der Waals surface area contributed by atoms with Crippen LogP contribution in [0.2, 0.25) is 0 Å². The van der Waals surface area contributed by atoms with Crippen LogP contribution in [-0.4, -0.2) is 28.9 Å². The highest BCUT2D eigenvalue weighted by Crippen LogP contribution is 2.25. The number of hydrogen-bond donors (Lipinski definition) is 1. The van der Waals surface area contributed by atoms with E-state index in [0.29, 0.717) is 30.2 Å². The maximum absolute atomic E-state index is 10.8. The lowest BCUT2D eigenvalue weighted by atomic mass is 10.1. The molecule has 3 rings (SSSR count). The lowest BCUT2D eigenvalue weighted by molar-refractivity contribution is -0.136. The monoisotopic (exact) mass is 383 g/mol. The minimum Gasteiger partial charge on any atom is -0.493 e. The number of aromatic nitrogens is 1. The van der Waals surface area contributed by atoms with Crippen LogP contribution in [0.25, 0.3) is 11.5 Å². The molecule has 2 aromatic carbocycles. The SMILES string of the molecule is CSc1ccc(-c2nc(CCOc3cccc(CC(=O)O)c3)c(C)o2)cc1. The largest absolute Gasteiger partial charge is 0.493 e. The highest BCUT2D eigenvalue weighted by atomic mass is 32.2. The number of oxazole rings is 1. The normalized spacial score (nSPS) is 10.7. The molecule has 0 unspecified atom stereocenters. The number of nitrogens with zero attached hydrogens (tertiary/aromatic N) is 1. The molecule has 1 N–H and O–H groups in total. The molecule has 1 heterocycles. The Hall–Kier alpha value is -2.73. The van der Waals surface area contributed by atoms with Gasteiger partial charge in [0.2, 0.25) is 5.89 Å². The summed E-state index contributed by atoms with van der Waals surface area (Å²) in [5.74, 6) is 1.19. The molecular weight excluding hydrogens is 362 g/mol. The molecule has 0 bridgehead atoms. The summed E-state index contributed by atoms with van der Waals surface area (Å²) in [7, 11) is 0. The number of carboxylic acids is 1. The van der Waals surface area contributed by atoms with E-state index in [1.54, 1.807) is 30.0 Å². The summed E-state index contributed by atoms with van der Waals surface area (Å²) in [6.45, 7) is 2.34. The van der Waals surface area contributed by atoms with E-state index < -0.39 is 5.97 Å². The van der Waals surface area contributed by atoms with Gasteiger partial charge in [0.1, 0.15) is 11.5 Å². The lowest BCUT2D eigenvalue weighted by Gasteiger charge is -2.06. The molecule has 0 fully saturated rings. The van der Waals surface area contributed by atoms with Gasteiger partial charge < -0.3 is 14.3 Å². The Morgan fingerprint density at radius 2 is 2.00 bits per heavy atom. The maximum Gasteiger partial charge on any atom is 0.307 e. The van der Waals surface area contributed by atoms with Crippen molar-refractivity contribution in [2.45, 2.75) is 24.7 Å². The fourth-order valence-corrected chi connectivity index (χ4v) is 3.11. The van der Waals surface area contributed by atoms with Crippen LogP contribution in [0.1, 0.15) is 17.0 Å². The van der Waals surface area contributed by atoms with Crippen LogP contribution in [0.3, 0.4) is 0 Å². The summed E-state index contributed by atoms with van der Waals surface area (Å²) in [5.41, 5.74) is 2.53. The van der Waals surface area contributed by atoms with E-state index in [0.717, 1.165) is 17.0 Å². The van der Waals surface area contributed by atoms with Gasteiger partial charge in [-0.25, -0.2) is 4.98 Å². The Morgan fingerprint density at radius 3 is 2.70 bits per heavy atom. The van der Waals surface area contributed by atoms with Crippen molar-refractivity contribution in [1.29, 1.82) is 0 Å². The molecule has 3 aromatic rings. The average Bonchev–Trinajstić information content (AvgIpc) is 3.02. The third-order valence-electron chi connectivity index (χ3n) is 4.09. The maximum atomic E-state index is 10.8. The molecule has 0 aliphatic carbocycles. The molecule has 140 valence electrons. The van der Waals surface area contributed by atoms with Gasteiger partial charge in [0.25, 0.3) is 0 Å². The van der Waals surface area contributed by atoms with Gasteiger partial charge in [0, 0.05) is 16.9 Å². The van der Waals surface area contributed by atoms with Crippen LogP contribution < -0.4 is 4.74 Å². The highest BCUT2D eigenvalue weighted by Gasteiger charge is 2.12. The second kappa shape index (κ2) is 8.77. The van der Waals surface area contributed by atoms with Crippen molar-refractivity contribution in [2.24, 2.45) is 0 Å². The van der Waals surface area contributed by atoms with Gasteiger partial charge in [-0.15, -0.1) is 11.8 Å². The summed E-state index contributed by atoms with van der Waals surface area (Å²) in [4.78, 5) is 16.6. The predicted molar refractivity (Wildman–Crippen MR) is 105 cm³/mol. The van der Waals surface area contributed by atoms with Crippen LogP contribution in [0.15, 0.2) is 57.8 Å². The minimum absolute atomic E-state index is 0.0156. The van der Waals surface area contributed by atoms with Crippen molar-refractivity contribution < 1.29 is 19.1 Å². The number of aliphatic carboxylic acids is 1. The Morgan fingerprint density at radius 1 is 1.22 bits per heavy atom. The molecule has 5 nitrogen and oxygen atoms in total.